The first-order valence-electron chi connectivity index (χ1n) is 10.00. The van der Waals surface area contributed by atoms with Gasteiger partial charge in [-0.15, -0.1) is 10.2 Å². The van der Waals surface area contributed by atoms with E-state index in [4.69, 9.17) is 0 Å². The number of rotatable bonds is 5. The van der Waals surface area contributed by atoms with Gasteiger partial charge in [-0.2, -0.15) is 0 Å². The standard InChI is InChI=1S/C23H25N5/c1-16-12-20(14-24-15-23-26-25-22-8-3-4-11-27(22)23)17(2)28(16)21-10-9-18-6-5-7-19(18)13-21/h3-4,8-13,24H,5-7,14-15H2,1-2H3. The van der Waals surface area contributed by atoms with Gasteiger partial charge in [-0.25, -0.2) is 0 Å². The van der Waals surface area contributed by atoms with Crippen LogP contribution in [-0.4, -0.2) is 19.2 Å². The van der Waals surface area contributed by atoms with E-state index in [1.165, 1.54) is 53.0 Å². The van der Waals surface area contributed by atoms with Crippen molar-refractivity contribution in [2.45, 2.75) is 46.2 Å². The maximum Gasteiger partial charge on any atom is 0.160 e. The smallest absolute Gasteiger partial charge is 0.160 e. The molecule has 0 fully saturated rings. The summed E-state index contributed by atoms with van der Waals surface area (Å²) in [6, 6.07) is 15.2. The molecule has 3 aromatic heterocycles. The minimum Gasteiger partial charge on any atom is -0.318 e. The maximum atomic E-state index is 4.30. The molecule has 142 valence electrons. The fraction of sp³-hybridized carbons (Fsp3) is 0.304. The Labute approximate surface area is 165 Å². The van der Waals surface area contributed by atoms with Crippen molar-refractivity contribution in [3.63, 3.8) is 0 Å². The number of pyridine rings is 1. The van der Waals surface area contributed by atoms with Crippen LogP contribution in [0.5, 0.6) is 0 Å². The highest BCUT2D eigenvalue weighted by Gasteiger charge is 2.15. The van der Waals surface area contributed by atoms with Gasteiger partial charge in [-0.05, 0) is 80.1 Å². The molecule has 0 radical (unpaired) electrons. The topological polar surface area (TPSA) is 47.1 Å². The Hall–Kier alpha value is -2.92. The van der Waals surface area contributed by atoms with Crippen molar-refractivity contribution in [3.05, 3.63) is 82.6 Å². The van der Waals surface area contributed by atoms with Gasteiger partial charge in [0, 0.05) is 29.8 Å². The molecule has 0 bridgehead atoms. The largest absolute Gasteiger partial charge is 0.318 e. The van der Waals surface area contributed by atoms with Crippen LogP contribution in [0.1, 0.15) is 40.3 Å². The van der Waals surface area contributed by atoms with Crippen molar-refractivity contribution in [3.8, 4) is 5.69 Å². The fourth-order valence-corrected chi connectivity index (χ4v) is 4.42. The average molecular weight is 371 g/mol. The van der Waals surface area contributed by atoms with E-state index < -0.39 is 0 Å². The van der Waals surface area contributed by atoms with Crippen LogP contribution in [0.3, 0.4) is 0 Å². The van der Waals surface area contributed by atoms with Gasteiger partial charge in [0.25, 0.3) is 0 Å². The van der Waals surface area contributed by atoms with E-state index in [1.54, 1.807) is 0 Å². The number of benzene rings is 1. The van der Waals surface area contributed by atoms with E-state index in [0.717, 1.165) is 18.0 Å². The number of aromatic nitrogens is 4. The molecular formula is C23H25N5. The number of nitrogens with one attached hydrogen (secondary N) is 1. The summed E-state index contributed by atoms with van der Waals surface area (Å²) in [4.78, 5) is 0. The number of nitrogens with zero attached hydrogens (tertiary/aromatic N) is 4. The molecule has 1 aliphatic rings. The predicted octanol–water partition coefficient (Wildman–Crippen LogP) is 3.92. The molecule has 5 heteroatoms. The van der Waals surface area contributed by atoms with E-state index in [9.17, 15) is 0 Å². The zero-order valence-electron chi connectivity index (χ0n) is 16.4. The van der Waals surface area contributed by atoms with Crippen molar-refractivity contribution in [2.75, 3.05) is 0 Å². The summed E-state index contributed by atoms with van der Waals surface area (Å²) in [7, 11) is 0. The zero-order chi connectivity index (χ0) is 19.1. The molecule has 0 atom stereocenters. The lowest BCUT2D eigenvalue weighted by atomic mass is 10.1. The Morgan fingerprint density at radius 3 is 2.79 bits per heavy atom. The summed E-state index contributed by atoms with van der Waals surface area (Å²) in [6.45, 7) is 5.90. The number of hydrogen-bond donors (Lipinski definition) is 1. The van der Waals surface area contributed by atoms with E-state index in [2.05, 4.69) is 58.2 Å². The molecule has 3 heterocycles. The lowest BCUT2D eigenvalue weighted by Crippen LogP contribution is -2.15. The van der Waals surface area contributed by atoms with Gasteiger partial charge in [0.1, 0.15) is 0 Å². The third-order valence-corrected chi connectivity index (χ3v) is 5.86. The molecule has 28 heavy (non-hydrogen) atoms. The minimum absolute atomic E-state index is 0.688. The second-order valence-electron chi connectivity index (χ2n) is 7.69. The lowest BCUT2D eigenvalue weighted by Gasteiger charge is -2.12. The van der Waals surface area contributed by atoms with E-state index in [0.29, 0.717) is 6.54 Å². The SMILES string of the molecule is Cc1cc(CNCc2nnc3ccccn23)c(C)n1-c1ccc2c(c1)CCC2. The lowest BCUT2D eigenvalue weighted by molar-refractivity contribution is 0.654. The van der Waals surface area contributed by atoms with Crippen LogP contribution < -0.4 is 5.32 Å². The highest BCUT2D eigenvalue weighted by Crippen LogP contribution is 2.27. The third-order valence-electron chi connectivity index (χ3n) is 5.86. The molecule has 0 saturated heterocycles. The molecular weight excluding hydrogens is 346 g/mol. The van der Waals surface area contributed by atoms with Crippen LogP contribution in [0.15, 0.2) is 48.7 Å². The molecule has 1 aromatic carbocycles. The van der Waals surface area contributed by atoms with Crippen molar-refractivity contribution < 1.29 is 0 Å². The summed E-state index contributed by atoms with van der Waals surface area (Å²) in [5, 5.41) is 12.0. The van der Waals surface area contributed by atoms with E-state index >= 15 is 0 Å². The maximum absolute atomic E-state index is 4.30. The summed E-state index contributed by atoms with van der Waals surface area (Å²) in [5.74, 6) is 0.933. The second-order valence-corrected chi connectivity index (χ2v) is 7.69. The zero-order valence-corrected chi connectivity index (χ0v) is 16.4. The van der Waals surface area contributed by atoms with Crippen LogP contribution >= 0.6 is 0 Å². The Balaban J connectivity index is 1.35. The minimum atomic E-state index is 0.688. The molecule has 0 spiro atoms. The quantitative estimate of drug-likeness (QED) is 0.578. The van der Waals surface area contributed by atoms with Gasteiger partial charge >= 0.3 is 0 Å². The van der Waals surface area contributed by atoms with Crippen molar-refractivity contribution >= 4 is 5.65 Å². The van der Waals surface area contributed by atoms with Gasteiger partial charge in [0.2, 0.25) is 0 Å². The number of fused-ring (bicyclic) bond motifs is 2. The molecule has 0 amide bonds. The van der Waals surface area contributed by atoms with Gasteiger partial charge in [-0.1, -0.05) is 12.1 Å². The molecule has 1 N–H and O–H groups in total. The summed E-state index contributed by atoms with van der Waals surface area (Å²) >= 11 is 0. The monoisotopic (exact) mass is 371 g/mol. The molecule has 5 nitrogen and oxygen atoms in total. The molecule has 5 rings (SSSR count). The van der Waals surface area contributed by atoms with Crippen LogP contribution in [0.2, 0.25) is 0 Å². The summed E-state index contributed by atoms with van der Waals surface area (Å²) in [6.07, 6.45) is 5.73. The third kappa shape index (κ3) is 2.92. The Morgan fingerprint density at radius 2 is 1.86 bits per heavy atom. The van der Waals surface area contributed by atoms with E-state index in [-0.39, 0.29) is 0 Å². The van der Waals surface area contributed by atoms with Crippen molar-refractivity contribution in [1.29, 1.82) is 0 Å². The molecule has 0 aliphatic heterocycles. The molecule has 1 aliphatic carbocycles. The predicted molar refractivity (Wildman–Crippen MR) is 111 cm³/mol. The Morgan fingerprint density at radius 1 is 0.964 bits per heavy atom. The number of aryl methyl sites for hydroxylation is 3. The molecule has 0 saturated carbocycles. The normalized spacial score (nSPS) is 13.4. The van der Waals surface area contributed by atoms with Gasteiger partial charge < -0.3 is 9.88 Å². The first-order chi connectivity index (χ1) is 13.7. The van der Waals surface area contributed by atoms with Gasteiger partial charge in [-0.3, -0.25) is 4.40 Å². The van der Waals surface area contributed by atoms with E-state index in [1.807, 2.05) is 28.8 Å². The molecule has 0 unspecified atom stereocenters. The van der Waals surface area contributed by atoms with Crippen LogP contribution in [0.4, 0.5) is 0 Å². The van der Waals surface area contributed by atoms with Crippen molar-refractivity contribution in [1.82, 2.24) is 24.5 Å². The van der Waals surface area contributed by atoms with Crippen molar-refractivity contribution in [2.24, 2.45) is 0 Å². The van der Waals surface area contributed by atoms with Crippen LogP contribution in [-0.2, 0) is 25.9 Å². The Bertz CT molecular complexity index is 1150. The van der Waals surface area contributed by atoms with Crippen LogP contribution in [0, 0.1) is 13.8 Å². The van der Waals surface area contributed by atoms with Crippen LogP contribution in [0.25, 0.3) is 11.3 Å². The fourth-order valence-electron chi connectivity index (χ4n) is 4.42. The highest BCUT2D eigenvalue weighted by molar-refractivity contribution is 5.47. The number of hydrogen-bond acceptors (Lipinski definition) is 3. The Kier molecular flexibility index (Phi) is 4.24. The average Bonchev–Trinajstić information content (AvgIpc) is 3.40. The van der Waals surface area contributed by atoms with Gasteiger partial charge in [0.15, 0.2) is 11.5 Å². The second kappa shape index (κ2) is 6.91. The van der Waals surface area contributed by atoms with Gasteiger partial charge in [0.05, 0.1) is 6.54 Å². The highest BCUT2D eigenvalue weighted by atomic mass is 15.3. The first kappa shape index (κ1) is 17.2. The summed E-state index contributed by atoms with van der Waals surface area (Å²) in [5.41, 5.74) is 9.11. The summed E-state index contributed by atoms with van der Waals surface area (Å²) < 4.78 is 4.41. The molecule has 4 aromatic rings. The first-order valence-corrected chi connectivity index (χ1v) is 10.00.